The van der Waals surface area contributed by atoms with Crippen LogP contribution in [-0.2, 0) is 23.8 Å². The summed E-state index contributed by atoms with van der Waals surface area (Å²) < 4.78 is 15.6. The van der Waals surface area contributed by atoms with Gasteiger partial charge in [0, 0.05) is 26.7 Å². The minimum atomic E-state index is -1.26. The van der Waals surface area contributed by atoms with Gasteiger partial charge in [-0.15, -0.1) is 0 Å². The zero-order chi connectivity index (χ0) is 25.4. The molecule has 0 bridgehead atoms. The van der Waals surface area contributed by atoms with E-state index >= 15 is 0 Å². The van der Waals surface area contributed by atoms with Crippen molar-refractivity contribution in [1.82, 2.24) is 10.6 Å². The van der Waals surface area contributed by atoms with E-state index in [1.54, 1.807) is 0 Å². The number of carbonyl (C=O) groups excluding carboxylic acids is 2. The first-order valence-corrected chi connectivity index (χ1v) is 11.5. The first-order valence-electron chi connectivity index (χ1n) is 11.5. The molecule has 9 heteroatoms. The summed E-state index contributed by atoms with van der Waals surface area (Å²) in [6, 6.07) is 13.7. The first-order chi connectivity index (χ1) is 16.9. The molecule has 2 aromatic carbocycles. The van der Waals surface area contributed by atoms with E-state index in [1.165, 1.54) is 21.1 Å². The zero-order valence-electron chi connectivity index (χ0n) is 20.2. The highest BCUT2D eigenvalue weighted by Gasteiger charge is 2.32. The predicted molar refractivity (Wildman–Crippen MR) is 129 cm³/mol. The fourth-order valence-electron chi connectivity index (χ4n) is 4.25. The molecule has 2 aromatic rings. The van der Waals surface area contributed by atoms with Gasteiger partial charge in [-0.05, 0) is 42.0 Å². The minimum absolute atomic E-state index is 0.102. The lowest BCUT2D eigenvalue weighted by Crippen LogP contribution is -2.55. The molecule has 0 radical (unpaired) electrons. The molecule has 0 fully saturated rings. The Hall–Kier alpha value is -3.43. The van der Waals surface area contributed by atoms with E-state index in [2.05, 4.69) is 10.6 Å². The van der Waals surface area contributed by atoms with Crippen molar-refractivity contribution in [2.45, 2.75) is 43.9 Å². The number of carbonyl (C=O) groups is 3. The van der Waals surface area contributed by atoms with Crippen LogP contribution < -0.4 is 10.6 Å². The van der Waals surface area contributed by atoms with Crippen molar-refractivity contribution in [3.63, 3.8) is 0 Å². The topological polar surface area (TPSA) is 123 Å². The highest BCUT2D eigenvalue weighted by atomic mass is 16.5. The number of aliphatic carboxylic acids is 1. The molecule has 0 aliphatic heterocycles. The number of rotatable bonds is 12. The van der Waals surface area contributed by atoms with Gasteiger partial charge in [-0.3, -0.25) is 4.79 Å². The fourth-order valence-corrected chi connectivity index (χ4v) is 4.25. The maximum atomic E-state index is 12.9. The van der Waals surface area contributed by atoms with E-state index in [9.17, 15) is 19.5 Å². The van der Waals surface area contributed by atoms with Gasteiger partial charge in [-0.2, -0.15) is 0 Å². The van der Waals surface area contributed by atoms with Gasteiger partial charge in [0.1, 0.15) is 12.6 Å². The Labute approximate surface area is 204 Å². The smallest absolute Gasteiger partial charge is 0.407 e. The van der Waals surface area contributed by atoms with Crippen molar-refractivity contribution < 1.29 is 33.7 Å². The summed E-state index contributed by atoms with van der Waals surface area (Å²) in [5.41, 5.74) is 4.38. The maximum Gasteiger partial charge on any atom is 0.407 e. The van der Waals surface area contributed by atoms with Crippen LogP contribution in [0.2, 0.25) is 0 Å². The van der Waals surface area contributed by atoms with E-state index in [0.29, 0.717) is 13.0 Å². The molecule has 1 aliphatic rings. The van der Waals surface area contributed by atoms with Crippen LogP contribution in [0.4, 0.5) is 4.79 Å². The van der Waals surface area contributed by atoms with Crippen molar-refractivity contribution in [1.29, 1.82) is 0 Å². The summed E-state index contributed by atoms with van der Waals surface area (Å²) in [5, 5.41) is 14.5. The van der Waals surface area contributed by atoms with Gasteiger partial charge in [0.25, 0.3) is 0 Å². The highest BCUT2D eigenvalue weighted by Crippen LogP contribution is 2.44. The standard InChI is InChI=1S/C26H32N2O7/c1-16(34-3)23(25(30)31)28-24(29)22(13-8-14-33-2)27-26(32)35-15-21-19-11-6-4-9-17(19)18-10-5-7-12-20(18)21/h4-7,9-12,16,21-23H,8,13-15H2,1-3H3,(H,27,32)(H,28,29)(H,30,31). The van der Waals surface area contributed by atoms with Gasteiger partial charge in [-0.1, -0.05) is 48.5 Å². The minimum Gasteiger partial charge on any atom is -0.480 e. The molecule has 3 rings (SSSR count). The normalized spacial score (nSPS) is 14.8. The largest absolute Gasteiger partial charge is 0.480 e. The van der Waals surface area contributed by atoms with E-state index in [-0.39, 0.29) is 18.9 Å². The van der Waals surface area contributed by atoms with Gasteiger partial charge in [0.15, 0.2) is 6.04 Å². The maximum absolute atomic E-state index is 12.9. The molecule has 0 saturated carbocycles. The first kappa shape index (κ1) is 26.2. The highest BCUT2D eigenvalue weighted by molar-refractivity contribution is 5.89. The lowest BCUT2D eigenvalue weighted by molar-refractivity contribution is -0.145. The monoisotopic (exact) mass is 484 g/mol. The molecular weight excluding hydrogens is 452 g/mol. The Kier molecular flexibility index (Phi) is 9.22. The molecule has 1 aliphatic carbocycles. The SMILES string of the molecule is COCCCC(NC(=O)OCC1c2ccccc2-c2ccccc21)C(=O)NC(C(=O)O)C(C)OC. The number of amides is 2. The van der Waals surface area contributed by atoms with Crippen LogP contribution in [0.25, 0.3) is 11.1 Å². The van der Waals surface area contributed by atoms with E-state index < -0.39 is 36.2 Å². The van der Waals surface area contributed by atoms with E-state index in [0.717, 1.165) is 22.3 Å². The number of methoxy groups -OCH3 is 2. The number of benzene rings is 2. The van der Waals surface area contributed by atoms with Crippen LogP contribution >= 0.6 is 0 Å². The second-order valence-corrected chi connectivity index (χ2v) is 8.42. The third-order valence-corrected chi connectivity index (χ3v) is 6.20. The molecule has 0 saturated heterocycles. The van der Waals surface area contributed by atoms with Gasteiger partial charge in [0.2, 0.25) is 5.91 Å². The summed E-state index contributed by atoms with van der Waals surface area (Å²) in [6.07, 6.45) is -0.783. The van der Waals surface area contributed by atoms with Crippen LogP contribution in [-0.4, -0.2) is 68.7 Å². The molecule has 3 atom stereocenters. The number of ether oxygens (including phenoxy) is 3. The molecule has 0 aromatic heterocycles. The lowest BCUT2D eigenvalue weighted by Gasteiger charge is -2.24. The summed E-state index contributed by atoms with van der Waals surface area (Å²) in [7, 11) is 2.90. The molecule has 3 N–H and O–H groups in total. The summed E-state index contributed by atoms with van der Waals surface area (Å²) in [5.74, 6) is -1.98. The van der Waals surface area contributed by atoms with Crippen molar-refractivity contribution in [2.24, 2.45) is 0 Å². The average molecular weight is 485 g/mol. The van der Waals surface area contributed by atoms with Crippen LogP contribution in [0.3, 0.4) is 0 Å². The number of carboxylic acids is 1. The number of hydrogen-bond acceptors (Lipinski definition) is 6. The second kappa shape index (κ2) is 12.3. The molecule has 2 amide bonds. The molecule has 188 valence electrons. The molecule has 35 heavy (non-hydrogen) atoms. The second-order valence-electron chi connectivity index (χ2n) is 8.42. The Balaban J connectivity index is 1.67. The van der Waals surface area contributed by atoms with Crippen LogP contribution in [0.1, 0.15) is 36.8 Å². The van der Waals surface area contributed by atoms with Crippen molar-refractivity contribution in [2.75, 3.05) is 27.4 Å². The third kappa shape index (κ3) is 6.37. The number of hydrogen-bond donors (Lipinski definition) is 3. The summed E-state index contributed by atoms with van der Waals surface area (Å²) in [4.78, 5) is 37.1. The third-order valence-electron chi connectivity index (χ3n) is 6.20. The predicted octanol–water partition coefficient (Wildman–Crippen LogP) is 2.92. The van der Waals surface area contributed by atoms with Crippen LogP contribution in [0.5, 0.6) is 0 Å². The quantitative estimate of drug-likeness (QED) is 0.396. The Morgan fingerprint density at radius 3 is 2.11 bits per heavy atom. The molecular formula is C26H32N2O7. The van der Waals surface area contributed by atoms with Crippen molar-refractivity contribution in [3.8, 4) is 11.1 Å². The Bertz CT molecular complexity index is 996. The Morgan fingerprint density at radius 1 is 0.971 bits per heavy atom. The molecule has 0 heterocycles. The number of carboxylic acid groups (broad SMARTS) is 1. The number of nitrogens with one attached hydrogen (secondary N) is 2. The fraction of sp³-hybridized carbons (Fsp3) is 0.423. The number of fused-ring (bicyclic) bond motifs is 3. The molecule has 3 unspecified atom stereocenters. The van der Waals surface area contributed by atoms with Crippen molar-refractivity contribution in [3.05, 3.63) is 59.7 Å². The lowest BCUT2D eigenvalue weighted by atomic mass is 9.98. The van der Waals surface area contributed by atoms with E-state index in [1.807, 2.05) is 48.5 Å². The zero-order valence-corrected chi connectivity index (χ0v) is 20.2. The van der Waals surface area contributed by atoms with Crippen LogP contribution in [0, 0.1) is 0 Å². The van der Waals surface area contributed by atoms with Gasteiger partial charge >= 0.3 is 12.1 Å². The van der Waals surface area contributed by atoms with Crippen LogP contribution in [0.15, 0.2) is 48.5 Å². The van der Waals surface area contributed by atoms with E-state index in [4.69, 9.17) is 14.2 Å². The Morgan fingerprint density at radius 2 is 1.57 bits per heavy atom. The number of alkyl carbamates (subject to hydrolysis) is 1. The summed E-state index contributed by atoms with van der Waals surface area (Å²) >= 11 is 0. The molecule has 9 nitrogen and oxygen atoms in total. The summed E-state index contributed by atoms with van der Waals surface area (Å²) in [6.45, 7) is 2.02. The molecule has 0 spiro atoms. The van der Waals surface area contributed by atoms with Gasteiger partial charge < -0.3 is 30.0 Å². The van der Waals surface area contributed by atoms with Gasteiger partial charge in [0.05, 0.1) is 6.10 Å². The average Bonchev–Trinajstić information content (AvgIpc) is 3.18. The van der Waals surface area contributed by atoms with Gasteiger partial charge in [-0.25, -0.2) is 9.59 Å². The van der Waals surface area contributed by atoms with Crippen molar-refractivity contribution >= 4 is 18.0 Å².